The topological polar surface area (TPSA) is 55.1 Å². The van der Waals surface area contributed by atoms with Crippen molar-refractivity contribution in [3.63, 3.8) is 0 Å². The average molecular weight is 311 g/mol. The third kappa shape index (κ3) is 3.31. The van der Waals surface area contributed by atoms with E-state index >= 15 is 0 Å². The summed E-state index contributed by atoms with van der Waals surface area (Å²) in [6, 6.07) is 8.18. The predicted octanol–water partition coefficient (Wildman–Crippen LogP) is 3.69. The molecule has 0 aromatic heterocycles. The summed E-state index contributed by atoms with van der Waals surface area (Å²) >= 11 is 6.04. The van der Waals surface area contributed by atoms with E-state index in [1.54, 1.807) is 31.2 Å². The van der Waals surface area contributed by atoms with Crippen molar-refractivity contribution in [1.29, 1.82) is 0 Å². The molecule has 0 saturated heterocycles. The second kappa shape index (κ2) is 6.10. The lowest BCUT2D eigenvalue weighted by Gasteiger charge is -2.16. The first-order valence-corrected chi connectivity index (χ1v) is 6.57. The van der Waals surface area contributed by atoms with Crippen LogP contribution in [0.1, 0.15) is 28.9 Å². The van der Waals surface area contributed by atoms with Crippen LogP contribution in [0.5, 0.6) is 0 Å². The number of nitrogens with one attached hydrogen (secondary N) is 1. The summed E-state index contributed by atoms with van der Waals surface area (Å²) in [5, 5.41) is 3.15. The number of nitrogens with two attached hydrogens (primary N) is 1. The summed E-state index contributed by atoms with van der Waals surface area (Å²) in [7, 11) is 0. The Hall–Kier alpha value is -2.14. The summed E-state index contributed by atoms with van der Waals surface area (Å²) < 4.78 is 26.2. The average Bonchev–Trinajstić information content (AvgIpc) is 2.43. The predicted molar refractivity (Wildman–Crippen MR) is 78.1 cm³/mol. The maximum Gasteiger partial charge on any atom is 0.253 e. The van der Waals surface area contributed by atoms with E-state index in [4.69, 9.17) is 17.3 Å². The maximum absolute atomic E-state index is 13.2. The second-order valence-electron chi connectivity index (χ2n) is 4.57. The van der Waals surface area contributed by atoms with Crippen molar-refractivity contribution in [3.05, 3.63) is 64.2 Å². The fourth-order valence-electron chi connectivity index (χ4n) is 1.94. The molecule has 0 fully saturated rings. The van der Waals surface area contributed by atoms with Gasteiger partial charge in [-0.3, -0.25) is 4.79 Å². The van der Waals surface area contributed by atoms with E-state index in [0.29, 0.717) is 10.6 Å². The van der Waals surface area contributed by atoms with E-state index in [1.807, 2.05) is 0 Å². The molecule has 21 heavy (non-hydrogen) atoms. The first kappa shape index (κ1) is 15.3. The molecule has 1 atom stereocenters. The van der Waals surface area contributed by atoms with Crippen molar-refractivity contribution >= 4 is 23.2 Å². The zero-order valence-electron chi connectivity index (χ0n) is 11.2. The summed E-state index contributed by atoms with van der Waals surface area (Å²) in [5.41, 5.74) is 6.01. The highest BCUT2D eigenvalue weighted by Crippen LogP contribution is 2.23. The Morgan fingerprint density at radius 2 is 1.86 bits per heavy atom. The van der Waals surface area contributed by atoms with Crippen molar-refractivity contribution in [2.75, 3.05) is 5.73 Å². The molecule has 2 rings (SSSR count). The van der Waals surface area contributed by atoms with Crippen molar-refractivity contribution in [2.24, 2.45) is 0 Å². The third-order valence-corrected chi connectivity index (χ3v) is 3.40. The Morgan fingerprint density at radius 1 is 1.24 bits per heavy atom. The molecule has 0 heterocycles. The van der Waals surface area contributed by atoms with Gasteiger partial charge in [0.15, 0.2) is 11.6 Å². The molecule has 0 aliphatic heterocycles. The molecule has 0 aliphatic carbocycles. The molecular weight excluding hydrogens is 298 g/mol. The van der Waals surface area contributed by atoms with Crippen molar-refractivity contribution in [1.82, 2.24) is 5.32 Å². The fourth-order valence-corrected chi connectivity index (χ4v) is 2.24. The van der Waals surface area contributed by atoms with E-state index in [0.717, 1.165) is 12.1 Å². The van der Waals surface area contributed by atoms with Crippen LogP contribution < -0.4 is 11.1 Å². The molecule has 0 radical (unpaired) electrons. The number of hydrogen-bond acceptors (Lipinski definition) is 2. The number of anilines is 1. The quantitative estimate of drug-likeness (QED) is 0.849. The molecule has 3 N–H and O–H groups in total. The van der Waals surface area contributed by atoms with Crippen molar-refractivity contribution in [3.8, 4) is 0 Å². The summed E-state index contributed by atoms with van der Waals surface area (Å²) in [6.07, 6.45) is 0. The Bertz CT molecular complexity index is 691. The molecule has 1 amide bonds. The van der Waals surface area contributed by atoms with Crippen LogP contribution in [0.4, 0.5) is 14.5 Å². The highest BCUT2D eigenvalue weighted by Gasteiger charge is 2.17. The van der Waals surface area contributed by atoms with Crippen LogP contribution in [-0.2, 0) is 0 Å². The minimum atomic E-state index is -1.13. The van der Waals surface area contributed by atoms with Crippen LogP contribution in [0, 0.1) is 11.6 Å². The standard InChI is InChI=1S/C15H13ClF2N2O/c1-8(9-4-2-3-5-11(9)16)20-15(21)10-6-12(17)13(18)7-14(10)19/h2-8H,19H2,1H3,(H,20,21). The number of carbonyl (C=O) groups is 1. The van der Waals surface area contributed by atoms with Gasteiger partial charge in [0.1, 0.15) is 0 Å². The first-order valence-electron chi connectivity index (χ1n) is 6.20. The van der Waals surface area contributed by atoms with Crippen LogP contribution in [0.2, 0.25) is 5.02 Å². The second-order valence-corrected chi connectivity index (χ2v) is 4.98. The van der Waals surface area contributed by atoms with Gasteiger partial charge in [-0.15, -0.1) is 0 Å². The molecule has 0 spiro atoms. The van der Waals surface area contributed by atoms with Gasteiger partial charge in [-0.25, -0.2) is 8.78 Å². The Labute approximate surface area is 125 Å². The van der Waals surface area contributed by atoms with Gasteiger partial charge < -0.3 is 11.1 Å². The molecule has 0 bridgehead atoms. The maximum atomic E-state index is 13.2. The molecule has 1 unspecified atom stereocenters. The van der Waals surface area contributed by atoms with Gasteiger partial charge in [-0.2, -0.15) is 0 Å². The smallest absolute Gasteiger partial charge is 0.253 e. The van der Waals surface area contributed by atoms with Gasteiger partial charge >= 0.3 is 0 Å². The first-order chi connectivity index (χ1) is 9.90. The van der Waals surface area contributed by atoms with Crippen molar-refractivity contribution in [2.45, 2.75) is 13.0 Å². The third-order valence-electron chi connectivity index (χ3n) is 3.06. The number of amides is 1. The fraction of sp³-hybridized carbons (Fsp3) is 0.133. The lowest BCUT2D eigenvalue weighted by molar-refractivity contribution is 0.0940. The number of carbonyl (C=O) groups excluding carboxylic acids is 1. The van der Waals surface area contributed by atoms with Gasteiger partial charge in [0, 0.05) is 16.8 Å². The van der Waals surface area contributed by atoms with Crippen molar-refractivity contribution < 1.29 is 13.6 Å². The minimum absolute atomic E-state index is 0.118. The molecule has 110 valence electrons. The number of nitrogen functional groups attached to an aromatic ring is 1. The lowest BCUT2D eigenvalue weighted by atomic mass is 10.1. The summed E-state index contributed by atoms with van der Waals surface area (Å²) in [6.45, 7) is 1.73. The molecule has 2 aromatic rings. The molecule has 2 aromatic carbocycles. The number of benzene rings is 2. The molecule has 6 heteroatoms. The van der Waals surface area contributed by atoms with E-state index in [1.165, 1.54) is 0 Å². The van der Waals surface area contributed by atoms with Crippen LogP contribution in [-0.4, -0.2) is 5.91 Å². The van der Waals surface area contributed by atoms with Gasteiger partial charge in [0.25, 0.3) is 5.91 Å². The molecule has 3 nitrogen and oxygen atoms in total. The van der Waals surface area contributed by atoms with E-state index in [9.17, 15) is 13.6 Å². The van der Waals surface area contributed by atoms with Crippen LogP contribution >= 0.6 is 11.6 Å². The lowest BCUT2D eigenvalue weighted by Crippen LogP contribution is -2.27. The van der Waals surface area contributed by atoms with Gasteiger partial charge in [0.05, 0.1) is 11.6 Å². The largest absolute Gasteiger partial charge is 0.398 e. The SMILES string of the molecule is CC(NC(=O)c1cc(F)c(F)cc1N)c1ccccc1Cl. The zero-order chi connectivity index (χ0) is 15.6. The Balaban J connectivity index is 2.22. The summed E-state index contributed by atoms with van der Waals surface area (Å²) in [4.78, 5) is 12.1. The molecule has 0 aliphatic rings. The highest BCUT2D eigenvalue weighted by atomic mass is 35.5. The Morgan fingerprint density at radius 3 is 2.52 bits per heavy atom. The molecular formula is C15H13ClF2N2O. The van der Waals surface area contributed by atoms with Crippen LogP contribution in [0.3, 0.4) is 0 Å². The molecule has 0 saturated carbocycles. The van der Waals surface area contributed by atoms with Crippen LogP contribution in [0.25, 0.3) is 0 Å². The van der Waals surface area contributed by atoms with E-state index in [-0.39, 0.29) is 11.3 Å². The monoisotopic (exact) mass is 310 g/mol. The normalized spacial score (nSPS) is 12.0. The van der Waals surface area contributed by atoms with Gasteiger partial charge in [-0.05, 0) is 24.6 Å². The number of rotatable bonds is 3. The number of hydrogen-bond donors (Lipinski definition) is 2. The minimum Gasteiger partial charge on any atom is -0.398 e. The van der Waals surface area contributed by atoms with Crippen LogP contribution in [0.15, 0.2) is 36.4 Å². The van der Waals surface area contributed by atoms with E-state index in [2.05, 4.69) is 5.32 Å². The highest BCUT2D eigenvalue weighted by molar-refractivity contribution is 6.31. The number of halogens is 3. The summed E-state index contributed by atoms with van der Waals surface area (Å²) in [5.74, 6) is -2.82. The van der Waals surface area contributed by atoms with Gasteiger partial charge in [0.2, 0.25) is 0 Å². The zero-order valence-corrected chi connectivity index (χ0v) is 11.9. The van der Waals surface area contributed by atoms with Gasteiger partial charge in [-0.1, -0.05) is 29.8 Å². The Kier molecular flexibility index (Phi) is 4.43. The van der Waals surface area contributed by atoms with E-state index < -0.39 is 23.6 Å².